The second kappa shape index (κ2) is 8.06. The molecule has 176 valence electrons. The number of hydrogen-bond donors (Lipinski definition) is 0. The van der Waals surface area contributed by atoms with Crippen LogP contribution in [0.5, 0.6) is 0 Å². The van der Waals surface area contributed by atoms with Gasteiger partial charge in [0.2, 0.25) is 0 Å². The van der Waals surface area contributed by atoms with Crippen molar-refractivity contribution in [2.24, 2.45) is 28.6 Å². The average Bonchev–Trinajstić information content (AvgIpc) is 3.48. The van der Waals surface area contributed by atoms with E-state index in [-0.39, 0.29) is 35.0 Å². The van der Waals surface area contributed by atoms with E-state index in [1.54, 1.807) is 0 Å². The molecule has 1 aromatic rings. The fourth-order valence-electron chi connectivity index (χ4n) is 8.29. The number of ether oxygens (including phenoxy) is 3. The highest BCUT2D eigenvalue weighted by Crippen LogP contribution is 2.67. The van der Waals surface area contributed by atoms with Crippen LogP contribution < -0.4 is 0 Å². The lowest BCUT2D eigenvalue weighted by molar-refractivity contribution is -0.185. The SMILES string of the molecule is CC12CCC3C(CCC4=CC(=O)CCC43C3OCCO3)C1CCC2OC(=O)c1ccccc1. The first kappa shape index (κ1) is 21.5. The standard InChI is InChI=1S/C28H34O5/c1-27-13-12-23-21(22(27)9-10-24(27)33-25(30)18-5-3-2-4-6-18)8-7-19-17-20(29)11-14-28(19,23)26-31-15-16-32-26/h2-6,17,21-24,26H,7-16H2,1H3. The van der Waals surface area contributed by atoms with E-state index in [9.17, 15) is 9.59 Å². The number of carbonyl (C=O) groups excluding carboxylic acids is 2. The van der Waals surface area contributed by atoms with Crippen molar-refractivity contribution in [2.75, 3.05) is 13.2 Å². The molecule has 1 saturated heterocycles. The maximum absolute atomic E-state index is 12.8. The summed E-state index contributed by atoms with van der Waals surface area (Å²) in [5.74, 6) is 1.61. The van der Waals surface area contributed by atoms with Gasteiger partial charge in [-0.1, -0.05) is 30.7 Å². The van der Waals surface area contributed by atoms with Crippen LogP contribution in [-0.4, -0.2) is 37.4 Å². The first-order valence-corrected chi connectivity index (χ1v) is 12.8. The summed E-state index contributed by atoms with van der Waals surface area (Å²) in [4.78, 5) is 25.2. The summed E-state index contributed by atoms with van der Waals surface area (Å²) in [5, 5.41) is 0. The zero-order valence-corrected chi connectivity index (χ0v) is 19.5. The van der Waals surface area contributed by atoms with Gasteiger partial charge in [0.1, 0.15) is 6.10 Å². The largest absolute Gasteiger partial charge is 0.458 e. The van der Waals surface area contributed by atoms with Crippen LogP contribution in [0.1, 0.15) is 68.6 Å². The summed E-state index contributed by atoms with van der Waals surface area (Å²) < 4.78 is 18.5. The molecule has 0 N–H and O–H groups in total. The van der Waals surface area contributed by atoms with Crippen LogP contribution in [0, 0.1) is 28.6 Å². The van der Waals surface area contributed by atoms with E-state index in [0.29, 0.717) is 43.0 Å². The van der Waals surface area contributed by atoms with Gasteiger partial charge in [-0.15, -0.1) is 0 Å². The highest BCUT2D eigenvalue weighted by atomic mass is 16.7. The van der Waals surface area contributed by atoms with Crippen molar-refractivity contribution >= 4 is 11.8 Å². The smallest absolute Gasteiger partial charge is 0.338 e. The Kier molecular flexibility index (Phi) is 5.26. The molecule has 3 saturated carbocycles. The van der Waals surface area contributed by atoms with Gasteiger partial charge in [-0.2, -0.15) is 0 Å². The van der Waals surface area contributed by atoms with Crippen molar-refractivity contribution in [1.29, 1.82) is 0 Å². The molecule has 0 aromatic heterocycles. The van der Waals surface area contributed by atoms with Crippen molar-refractivity contribution in [2.45, 2.75) is 70.7 Å². The van der Waals surface area contributed by atoms with Gasteiger partial charge in [-0.25, -0.2) is 4.79 Å². The second-order valence-corrected chi connectivity index (χ2v) is 11.0. The number of ketones is 1. The molecule has 1 heterocycles. The lowest BCUT2D eigenvalue weighted by Crippen LogP contribution is -2.56. The molecule has 5 nitrogen and oxygen atoms in total. The highest BCUT2D eigenvalue weighted by molar-refractivity contribution is 5.91. The number of esters is 1. The van der Waals surface area contributed by atoms with Crippen molar-refractivity contribution in [3.05, 3.63) is 47.5 Å². The van der Waals surface area contributed by atoms with E-state index in [1.807, 2.05) is 36.4 Å². The molecule has 0 bridgehead atoms. The van der Waals surface area contributed by atoms with Gasteiger partial charge in [0, 0.05) is 17.3 Å². The Morgan fingerprint density at radius 2 is 1.76 bits per heavy atom. The molecular weight excluding hydrogens is 416 g/mol. The summed E-state index contributed by atoms with van der Waals surface area (Å²) in [6, 6.07) is 9.35. The van der Waals surface area contributed by atoms with Gasteiger partial charge in [0.25, 0.3) is 0 Å². The minimum Gasteiger partial charge on any atom is -0.458 e. The fourth-order valence-corrected chi connectivity index (χ4v) is 8.29. The van der Waals surface area contributed by atoms with E-state index in [2.05, 4.69) is 6.92 Å². The summed E-state index contributed by atoms with van der Waals surface area (Å²) in [5.41, 5.74) is 1.76. The predicted molar refractivity (Wildman–Crippen MR) is 122 cm³/mol. The van der Waals surface area contributed by atoms with E-state index in [1.165, 1.54) is 5.57 Å². The van der Waals surface area contributed by atoms with Crippen LogP contribution in [0.15, 0.2) is 42.0 Å². The molecule has 0 spiro atoms. The lowest BCUT2D eigenvalue weighted by Gasteiger charge is -2.59. The number of benzene rings is 1. The Bertz CT molecular complexity index is 964. The van der Waals surface area contributed by atoms with Crippen molar-refractivity contribution in [3.63, 3.8) is 0 Å². The third-order valence-corrected chi connectivity index (χ3v) is 9.78. The highest BCUT2D eigenvalue weighted by Gasteiger charge is 2.63. The summed E-state index contributed by atoms with van der Waals surface area (Å²) in [6.07, 6.45) is 9.34. The minimum atomic E-state index is -0.220. The van der Waals surface area contributed by atoms with Crippen molar-refractivity contribution in [1.82, 2.24) is 0 Å². The number of hydrogen-bond acceptors (Lipinski definition) is 5. The zero-order chi connectivity index (χ0) is 22.6. The summed E-state index contributed by atoms with van der Waals surface area (Å²) in [6.45, 7) is 3.64. The summed E-state index contributed by atoms with van der Waals surface area (Å²) >= 11 is 0. The zero-order valence-electron chi connectivity index (χ0n) is 19.5. The first-order valence-electron chi connectivity index (χ1n) is 12.8. The minimum absolute atomic E-state index is 0.00981. The van der Waals surface area contributed by atoms with Gasteiger partial charge in [-0.3, -0.25) is 4.79 Å². The van der Waals surface area contributed by atoms with E-state index in [4.69, 9.17) is 14.2 Å². The Balaban J connectivity index is 1.28. The van der Waals surface area contributed by atoms with Gasteiger partial charge in [0.05, 0.1) is 18.8 Å². The maximum atomic E-state index is 12.8. The molecule has 6 unspecified atom stereocenters. The Labute approximate surface area is 195 Å². The molecule has 33 heavy (non-hydrogen) atoms. The van der Waals surface area contributed by atoms with Crippen molar-refractivity contribution < 1.29 is 23.8 Å². The predicted octanol–water partition coefficient (Wildman–Crippen LogP) is 5.10. The van der Waals surface area contributed by atoms with E-state index >= 15 is 0 Å². The number of carbonyl (C=O) groups is 2. The first-order chi connectivity index (χ1) is 16.0. The molecule has 1 aliphatic heterocycles. The summed E-state index contributed by atoms with van der Waals surface area (Å²) in [7, 11) is 0. The topological polar surface area (TPSA) is 61.8 Å². The lowest BCUT2D eigenvalue weighted by atomic mass is 9.46. The van der Waals surface area contributed by atoms with Gasteiger partial charge < -0.3 is 14.2 Å². The number of fused-ring (bicyclic) bond motifs is 5. The van der Waals surface area contributed by atoms with Crippen LogP contribution in [-0.2, 0) is 19.0 Å². The van der Waals surface area contributed by atoms with Gasteiger partial charge >= 0.3 is 5.97 Å². The molecule has 4 fully saturated rings. The molecule has 6 rings (SSSR count). The monoisotopic (exact) mass is 450 g/mol. The van der Waals surface area contributed by atoms with Crippen LogP contribution in [0.4, 0.5) is 0 Å². The van der Waals surface area contributed by atoms with Crippen LogP contribution in [0.3, 0.4) is 0 Å². The molecule has 1 aromatic carbocycles. The van der Waals surface area contributed by atoms with Crippen LogP contribution in [0.2, 0.25) is 0 Å². The molecule has 4 aliphatic carbocycles. The van der Waals surface area contributed by atoms with E-state index in [0.717, 1.165) is 44.9 Å². The Morgan fingerprint density at radius 3 is 2.55 bits per heavy atom. The maximum Gasteiger partial charge on any atom is 0.338 e. The second-order valence-electron chi connectivity index (χ2n) is 11.0. The molecule has 5 heteroatoms. The Hall–Kier alpha value is -1.98. The average molecular weight is 451 g/mol. The molecule has 6 atom stereocenters. The molecule has 0 radical (unpaired) electrons. The normalized spacial score (nSPS) is 40.5. The van der Waals surface area contributed by atoms with Crippen LogP contribution >= 0.6 is 0 Å². The third-order valence-electron chi connectivity index (χ3n) is 9.78. The molecule has 5 aliphatic rings. The third kappa shape index (κ3) is 3.26. The quantitative estimate of drug-likeness (QED) is 0.600. The molecule has 0 amide bonds. The van der Waals surface area contributed by atoms with Gasteiger partial charge in [0.15, 0.2) is 12.1 Å². The van der Waals surface area contributed by atoms with Crippen LogP contribution in [0.25, 0.3) is 0 Å². The van der Waals surface area contributed by atoms with Crippen molar-refractivity contribution in [3.8, 4) is 0 Å². The fraction of sp³-hybridized carbons (Fsp3) is 0.643. The Morgan fingerprint density at radius 1 is 0.970 bits per heavy atom. The van der Waals surface area contributed by atoms with E-state index < -0.39 is 0 Å². The number of rotatable bonds is 3. The van der Waals surface area contributed by atoms with Gasteiger partial charge in [-0.05, 0) is 80.9 Å². The molecular formula is C28H34O5.